The van der Waals surface area contributed by atoms with Crippen LogP contribution in [0.2, 0.25) is 0 Å². The highest BCUT2D eigenvalue weighted by Crippen LogP contribution is 2.28. The van der Waals surface area contributed by atoms with Gasteiger partial charge in [0.15, 0.2) is 6.10 Å². The van der Waals surface area contributed by atoms with E-state index in [1.54, 1.807) is 19.2 Å². The summed E-state index contributed by atoms with van der Waals surface area (Å²) in [5, 5.41) is 14.5. The first-order valence-corrected chi connectivity index (χ1v) is 9.89. The molecule has 0 heterocycles. The molecule has 10 heteroatoms. The summed E-state index contributed by atoms with van der Waals surface area (Å²) in [7, 11) is 1.09. The molecule has 29 heavy (non-hydrogen) atoms. The summed E-state index contributed by atoms with van der Waals surface area (Å²) < 4.78 is 42.4. The molecule has 1 aliphatic carbocycles. The highest BCUT2D eigenvalue weighted by Gasteiger charge is 2.41. The molecule has 0 radical (unpaired) electrons. The molecule has 2 unspecified atom stereocenters. The van der Waals surface area contributed by atoms with E-state index in [2.05, 4.69) is 10.1 Å². The number of rotatable bonds is 9. The van der Waals surface area contributed by atoms with Crippen LogP contribution >= 0.6 is 0 Å². The van der Waals surface area contributed by atoms with E-state index in [-0.39, 0.29) is 18.3 Å². The van der Waals surface area contributed by atoms with Gasteiger partial charge in [0.1, 0.15) is 6.04 Å². The maximum atomic E-state index is 12.7. The first kappa shape index (κ1) is 25.2. The van der Waals surface area contributed by atoms with Crippen LogP contribution in [0.5, 0.6) is 0 Å². The molecule has 1 rings (SSSR count). The second-order valence-electron chi connectivity index (χ2n) is 7.98. The first-order chi connectivity index (χ1) is 13.5. The number of alkyl halides is 3. The van der Waals surface area contributed by atoms with E-state index < -0.39 is 42.1 Å². The Labute approximate surface area is 168 Å². The van der Waals surface area contributed by atoms with Gasteiger partial charge in [-0.15, -0.1) is 0 Å². The van der Waals surface area contributed by atoms with E-state index in [0.29, 0.717) is 6.42 Å². The second kappa shape index (κ2) is 11.4. The van der Waals surface area contributed by atoms with E-state index in [1.165, 1.54) is 0 Å². The predicted octanol–water partition coefficient (Wildman–Crippen LogP) is 2.07. The number of carbonyl (C=O) groups excluding carboxylic acids is 3. The molecular weight excluding hydrogens is 393 g/mol. The van der Waals surface area contributed by atoms with Gasteiger partial charge in [-0.05, 0) is 24.7 Å². The number of nitrogens with one attached hydrogen (secondary N) is 2. The Hall–Kier alpha value is -1.84. The lowest BCUT2D eigenvalue weighted by molar-refractivity contribution is -0.175. The van der Waals surface area contributed by atoms with Gasteiger partial charge in [-0.2, -0.15) is 13.2 Å². The molecular formula is C19H31F3N2O5. The standard InChI is InChI=1S/C19H31F3N2O5/c1-11(2)9-14(24-18(28)19(20,21)22)16(26)23-13(15(25)17(27)29-3)10-12-7-5-4-6-8-12/h11-15,25H,4-10H2,1-3H3,(H,23,26)(H,24,28)/t13?,14-,15?/m0/s1. The number of carbonyl (C=O) groups is 3. The molecule has 3 atom stereocenters. The predicted molar refractivity (Wildman–Crippen MR) is 98.6 cm³/mol. The van der Waals surface area contributed by atoms with Crippen LogP contribution in [-0.2, 0) is 19.1 Å². The summed E-state index contributed by atoms with van der Waals surface area (Å²) in [5.41, 5.74) is 0. The molecule has 0 aliphatic heterocycles. The van der Waals surface area contributed by atoms with Crippen molar-refractivity contribution in [3.8, 4) is 0 Å². The Balaban J connectivity index is 2.93. The smallest absolute Gasteiger partial charge is 0.467 e. The van der Waals surface area contributed by atoms with Crippen molar-refractivity contribution in [3.63, 3.8) is 0 Å². The van der Waals surface area contributed by atoms with Crippen molar-refractivity contribution in [2.75, 3.05) is 7.11 Å². The van der Waals surface area contributed by atoms with Crippen molar-refractivity contribution in [3.05, 3.63) is 0 Å². The zero-order valence-corrected chi connectivity index (χ0v) is 17.1. The lowest BCUT2D eigenvalue weighted by Gasteiger charge is -2.30. The number of halogens is 3. The van der Waals surface area contributed by atoms with Crippen molar-refractivity contribution < 1.29 is 37.4 Å². The Morgan fingerprint density at radius 1 is 1.10 bits per heavy atom. The summed E-state index contributed by atoms with van der Waals surface area (Å²) in [6.45, 7) is 3.39. The van der Waals surface area contributed by atoms with Crippen LogP contribution in [0.15, 0.2) is 0 Å². The van der Waals surface area contributed by atoms with E-state index >= 15 is 0 Å². The van der Waals surface area contributed by atoms with Gasteiger partial charge < -0.3 is 20.5 Å². The minimum Gasteiger partial charge on any atom is -0.467 e. The second-order valence-corrected chi connectivity index (χ2v) is 7.98. The molecule has 0 aromatic heterocycles. The quantitative estimate of drug-likeness (QED) is 0.492. The molecule has 2 amide bonds. The van der Waals surface area contributed by atoms with Gasteiger partial charge >= 0.3 is 18.1 Å². The molecule has 0 spiro atoms. The molecule has 0 aromatic rings. The molecule has 1 fully saturated rings. The van der Waals surface area contributed by atoms with Crippen LogP contribution in [0.1, 0.15) is 58.8 Å². The molecule has 168 valence electrons. The van der Waals surface area contributed by atoms with Crippen molar-refractivity contribution >= 4 is 17.8 Å². The number of amides is 2. The van der Waals surface area contributed by atoms with Crippen LogP contribution in [0.25, 0.3) is 0 Å². The monoisotopic (exact) mass is 424 g/mol. The van der Waals surface area contributed by atoms with Crippen molar-refractivity contribution in [2.24, 2.45) is 11.8 Å². The third-order valence-corrected chi connectivity index (χ3v) is 5.05. The number of aliphatic hydroxyl groups is 1. The summed E-state index contributed by atoms with van der Waals surface area (Å²) >= 11 is 0. The van der Waals surface area contributed by atoms with Gasteiger partial charge in [-0.3, -0.25) is 9.59 Å². The number of esters is 1. The fraction of sp³-hybridized carbons (Fsp3) is 0.842. The zero-order chi connectivity index (χ0) is 22.2. The van der Waals surface area contributed by atoms with Gasteiger partial charge in [0.25, 0.3) is 0 Å². The minimum absolute atomic E-state index is 0.0296. The molecule has 1 aliphatic rings. The Kier molecular flexibility index (Phi) is 9.88. The van der Waals surface area contributed by atoms with Crippen molar-refractivity contribution in [1.29, 1.82) is 0 Å². The topological polar surface area (TPSA) is 105 Å². The highest BCUT2D eigenvalue weighted by atomic mass is 19.4. The number of ether oxygens (including phenoxy) is 1. The number of hydrogen-bond acceptors (Lipinski definition) is 5. The largest absolute Gasteiger partial charge is 0.471 e. The third kappa shape index (κ3) is 8.59. The van der Waals surface area contributed by atoms with Crippen LogP contribution in [0.3, 0.4) is 0 Å². The third-order valence-electron chi connectivity index (χ3n) is 5.05. The van der Waals surface area contributed by atoms with Crippen molar-refractivity contribution in [1.82, 2.24) is 10.6 Å². The fourth-order valence-corrected chi connectivity index (χ4v) is 3.56. The van der Waals surface area contributed by atoms with E-state index in [1.807, 2.05) is 0 Å². The lowest BCUT2D eigenvalue weighted by Crippen LogP contribution is -2.56. The minimum atomic E-state index is -5.12. The molecule has 0 bridgehead atoms. The maximum Gasteiger partial charge on any atom is 0.471 e. The highest BCUT2D eigenvalue weighted by molar-refractivity contribution is 5.90. The zero-order valence-electron chi connectivity index (χ0n) is 17.1. The lowest BCUT2D eigenvalue weighted by atomic mass is 9.83. The summed E-state index contributed by atoms with van der Waals surface area (Å²) in [5.74, 6) is -4.04. The van der Waals surface area contributed by atoms with Crippen LogP contribution < -0.4 is 10.6 Å². The maximum absolute atomic E-state index is 12.7. The number of hydrogen-bond donors (Lipinski definition) is 3. The fourth-order valence-electron chi connectivity index (χ4n) is 3.56. The summed E-state index contributed by atoms with van der Waals surface area (Å²) in [6, 6.07) is -2.46. The Morgan fingerprint density at radius 2 is 1.69 bits per heavy atom. The molecule has 0 saturated heterocycles. The van der Waals surface area contributed by atoms with Gasteiger partial charge in [0.2, 0.25) is 5.91 Å². The van der Waals surface area contributed by atoms with Gasteiger partial charge in [-0.1, -0.05) is 46.0 Å². The van der Waals surface area contributed by atoms with E-state index in [4.69, 9.17) is 0 Å². The summed E-state index contributed by atoms with van der Waals surface area (Å²) in [6.07, 6.45) is -1.67. The Morgan fingerprint density at radius 3 is 2.17 bits per heavy atom. The number of aliphatic hydroxyl groups excluding tert-OH is 1. The Bertz CT molecular complexity index is 563. The van der Waals surface area contributed by atoms with Gasteiger partial charge in [0, 0.05) is 0 Å². The summed E-state index contributed by atoms with van der Waals surface area (Å²) in [4.78, 5) is 35.8. The van der Waals surface area contributed by atoms with Crippen LogP contribution in [0, 0.1) is 11.8 Å². The molecule has 0 aromatic carbocycles. The molecule has 3 N–H and O–H groups in total. The molecule has 1 saturated carbocycles. The first-order valence-electron chi connectivity index (χ1n) is 9.89. The normalized spacial score (nSPS) is 18.6. The van der Waals surface area contributed by atoms with Crippen LogP contribution in [0.4, 0.5) is 13.2 Å². The van der Waals surface area contributed by atoms with Gasteiger partial charge in [0.05, 0.1) is 13.2 Å². The molecule has 7 nitrogen and oxygen atoms in total. The SMILES string of the molecule is COC(=O)C(O)C(CC1CCCCC1)NC(=O)[C@H](CC(C)C)NC(=O)C(F)(F)F. The van der Waals surface area contributed by atoms with E-state index in [0.717, 1.165) is 39.2 Å². The van der Waals surface area contributed by atoms with Gasteiger partial charge in [-0.25, -0.2) is 4.79 Å². The number of methoxy groups -OCH3 is 1. The average molecular weight is 424 g/mol. The van der Waals surface area contributed by atoms with E-state index in [9.17, 15) is 32.7 Å². The average Bonchev–Trinajstić information content (AvgIpc) is 2.65. The van der Waals surface area contributed by atoms with Crippen molar-refractivity contribution in [2.45, 2.75) is 83.2 Å². The van der Waals surface area contributed by atoms with Crippen LogP contribution in [-0.4, -0.2) is 54.4 Å².